The molecule has 2 aromatic rings. The molecule has 2 heterocycles. The molecule has 2 aliphatic rings. The summed E-state index contributed by atoms with van der Waals surface area (Å²) < 4.78 is 5.83. The zero-order chi connectivity index (χ0) is 49.0. The molecule has 2 fully saturated rings. The molecule has 9 N–H and O–H groups in total. The molecule has 0 aromatic heterocycles. The van der Waals surface area contributed by atoms with Crippen molar-refractivity contribution in [2.24, 2.45) is 17.6 Å². The largest absolute Gasteiger partial charge is 0.508 e. The maximum Gasteiger partial charge on any atom is 0.329 e. The van der Waals surface area contributed by atoms with Crippen LogP contribution in [-0.4, -0.2) is 135 Å². The topological polar surface area (TPSA) is 296 Å². The van der Waals surface area contributed by atoms with E-state index in [-0.39, 0.29) is 56.6 Å². The van der Waals surface area contributed by atoms with Gasteiger partial charge in [0.25, 0.3) is 0 Å². The maximum atomic E-state index is 15.0. The number of fused-ring (bicyclic) bond motifs is 2. The molecule has 8 amide bonds. The number of carbonyl (C=O) groups excluding carboxylic acids is 9. The number of nitrogens with one attached hydrogen (secondary N) is 5. The predicted octanol–water partition coefficient (Wildman–Crippen LogP) is -0.329. The van der Waals surface area contributed by atoms with Gasteiger partial charge in [0.1, 0.15) is 60.4 Å². The van der Waals surface area contributed by atoms with E-state index in [0.717, 1.165) is 16.7 Å². The number of primary amides is 1. The fourth-order valence-electron chi connectivity index (χ4n) is 7.95. The Labute approximate surface area is 384 Å². The number of esters is 1. The Balaban J connectivity index is 1.88. The summed E-state index contributed by atoms with van der Waals surface area (Å²) in [5, 5.41) is 34.5. The number of benzene rings is 2. The Hall–Kier alpha value is -6.57. The standard InChI is InChI=1S/C46H64N8O12/c1-24(2)21-33-41(60)49-32-18-20-37(58)54(44(32)63)35(23-28-11-9-8-10-12-28)45(64)53(7)34(22-29-13-15-30(56)16-14-29)42(61)51-38(25(3)4)46(65)66-26(5)39(43(62)50-33)52-40(59)31(48-27(6)55)17-19-36(47)57/h8-16,24-26,31-35,37-39,56,58H,17-23H2,1-7H3,(H2,47,57)(H,48,55)(H,49,60)(H,50,62)(H,51,61)(H,52,59)/t26-,31-,32-,33-,34-,35+,37+,38-,39?/m0/s1. The van der Waals surface area contributed by atoms with E-state index in [0.29, 0.717) is 11.1 Å². The quantitative estimate of drug-likeness (QED) is 0.120. The number of cyclic esters (lactones) is 1. The lowest BCUT2D eigenvalue weighted by atomic mass is 9.95. The fourth-order valence-corrected chi connectivity index (χ4v) is 7.95. The van der Waals surface area contributed by atoms with Gasteiger partial charge in [0.05, 0.1) is 0 Å². The molecule has 2 bridgehead atoms. The van der Waals surface area contributed by atoms with Gasteiger partial charge in [-0.2, -0.15) is 0 Å². The van der Waals surface area contributed by atoms with Crippen LogP contribution in [0.2, 0.25) is 0 Å². The van der Waals surface area contributed by atoms with Crippen LogP contribution in [0, 0.1) is 11.8 Å². The Bertz CT molecular complexity index is 2080. The minimum Gasteiger partial charge on any atom is -0.508 e. The average Bonchev–Trinajstić information content (AvgIpc) is 3.25. The normalized spacial score (nSPS) is 25.4. The van der Waals surface area contributed by atoms with Crippen molar-refractivity contribution < 1.29 is 58.1 Å². The molecule has 2 aliphatic heterocycles. The van der Waals surface area contributed by atoms with Crippen molar-refractivity contribution in [2.75, 3.05) is 7.05 Å². The first-order valence-corrected chi connectivity index (χ1v) is 22.1. The molecule has 2 aromatic carbocycles. The molecule has 0 aliphatic carbocycles. The number of nitrogens with zero attached hydrogens (tertiary/aromatic N) is 2. The van der Waals surface area contributed by atoms with Gasteiger partial charge in [-0.15, -0.1) is 0 Å². The molecule has 9 atom stereocenters. The highest BCUT2D eigenvalue weighted by Gasteiger charge is 2.46. The lowest BCUT2D eigenvalue weighted by Gasteiger charge is -2.43. The highest BCUT2D eigenvalue weighted by molar-refractivity contribution is 5.98. The third-order valence-electron chi connectivity index (χ3n) is 11.6. The van der Waals surface area contributed by atoms with E-state index in [1.807, 2.05) is 0 Å². The number of rotatable bonds is 13. The summed E-state index contributed by atoms with van der Waals surface area (Å²) in [6, 6.07) is 4.67. The zero-order valence-corrected chi connectivity index (χ0v) is 38.4. The van der Waals surface area contributed by atoms with Gasteiger partial charge in [-0.1, -0.05) is 70.2 Å². The van der Waals surface area contributed by atoms with Crippen LogP contribution in [0.25, 0.3) is 0 Å². The van der Waals surface area contributed by atoms with Crippen molar-refractivity contribution in [3.05, 3.63) is 65.7 Å². The minimum atomic E-state index is -1.74. The second-order valence-electron chi connectivity index (χ2n) is 17.7. The number of amides is 8. The van der Waals surface area contributed by atoms with Crippen molar-refractivity contribution in [1.29, 1.82) is 0 Å². The summed E-state index contributed by atoms with van der Waals surface area (Å²) in [4.78, 5) is 127. The van der Waals surface area contributed by atoms with Crippen LogP contribution < -0.4 is 32.3 Å². The molecule has 4 rings (SSSR count). The molecule has 0 radical (unpaired) electrons. The number of aromatic hydroxyl groups is 1. The smallest absolute Gasteiger partial charge is 0.329 e. The highest BCUT2D eigenvalue weighted by Crippen LogP contribution is 2.26. The third-order valence-corrected chi connectivity index (χ3v) is 11.6. The number of piperidine rings is 1. The van der Waals surface area contributed by atoms with Crippen molar-refractivity contribution in [1.82, 2.24) is 36.4 Å². The molecule has 360 valence electrons. The highest BCUT2D eigenvalue weighted by atomic mass is 16.5. The lowest BCUT2D eigenvalue weighted by molar-refractivity contribution is -0.165. The van der Waals surface area contributed by atoms with E-state index < -0.39 is 114 Å². The lowest BCUT2D eigenvalue weighted by Crippen LogP contribution is -2.65. The first-order valence-electron chi connectivity index (χ1n) is 22.1. The summed E-state index contributed by atoms with van der Waals surface area (Å²) in [6.07, 6.45) is -3.91. The van der Waals surface area contributed by atoms with Crippen LogP contribution in [0.5, 0.6) is 5.75 Å². The van der Waals surface area contributed by atoms with Crippen molar-refractivity contribution in [3.8, 4) is 5.75 Å². The van der Waals surface area contributed by atoms with Gasteiger partial charge in [0.2, 0.25) is 47.3 Å². The molecule has 0 saturated carbocycles. The summed E-state index contributed by atoms with van der Waals surface area (Å²) in [5.41, 5.74) is 6.44. The Morgan fingerprint density at radius 3 is 2.05 bits per heavy atom. The number of ether oxygens (including phenoxy) is 1. The Morgan fingerprint density at radius 2 is 1.45 bits per heavy atom. The van der Waals surface area contributed by atoms with Crippen LogP contribution in [0.3, 0.4) is 0 Å². The van der Waals surface area contributed by atoms with Gasteiger partial charge in [0.15, 0.2) is 0 Å². The summed E-state index contributed by atoms with van der Waals surface area (Å²) >= 11 is 0. The van der Waals surface area contributed by atoms with E-state index in [1.165, 1.54) is 26.1 Å². The van der Waals surface area contributed by atoms with Crippen LogP contribution in [0.1, 0.15) is 84.8 Å². The number of hydrogen-bond acceptors (Lipinski definition) is 12. The SMILES string of the molecule is CC(=O)N[C@@H](CCC(N)=O)C(=O)NC1C(=O)N[C@@H](CC(C)C)C(=O)N[C@H]2CC[C@@H](O)N(C2=O)[C@H](Cc2ccccc2)C(=O)N(C)[C@@H](Cc2ccc(O)cc2)C(=O)N[C@@H](C(C)C)C(=O)O[C@H]1C. The van der Waals surface area contributed by atoms with Crippen molar-refractivity contribution in [2.45, 2.75) is 141 Å². The van der Waals surface area contributed by atoms with Crippen LogP contribution in [0.15, 0.2) is 54.6 Å². The number of phenolic OH excluding ortho intramolecular Hbond substituents is 1. The van der Waals surface area contributed by atoms with Crippen molar-refractivity contribution >= 4 is 53.2 Å². The third kappa shape index (κ3) is 14.2. The molecule has 20 nitrogen and oxygen atoms in total. The first kappa shape index (κ1) is 52.1. The predicted molar refractivity (Wildman–Crippen MR) is 238 cm³/mol. The van der Waals surface area contributed by atoms with E-state index in [1.54, 1.807) is 70.2 Å². The molecule has 1 unspecified atom stereocenters. The van der Waals surface area contributed by atoms with E-state index in [4.69, 9.17) is 10.5 Å². The van der Waals surface area contributed by atoms with E-state index >= 15 is 0 Å². The van der Waals surface area contributed by atoms with Crippen molar-refractivity contribution in [3.63, 3.8) is 0 Å². The Morgan fingerprint density at radius 1 is 0.833 bits per heavy atom. The van der Waals surface area contributed by atoms with Gasteiger partial charge in [-0.05, 0) is 67.7 Å². The second kappa shape index (κ2) is 23.6. The van der Waals surface area contributed by atoms with Gasteiger partial charge in [0, 0.05) is 33.2 Å². The minimum absolute atomic E-state index is 0.0244. The number of likely N-dealkylation sites (N-methyl/N-ethyl adjacent to an activating group) is 1. The zero-order valence-electron chi connectivity index (χ0n) is 38.4. The van der Waals surface area contributed by atoms with Gasteiger partial charge in [-0.3, -0.25) is 38.4 Å². The maximum absolute atomic E-state index is 15.0. The molecule has 20 heteroatoms. The number of phenols is 1. The first-order chi connectivity index (χ1) is 31.1. The van der Waals surface area contributed by atoms with Crippen LogP contribution in [-0.2, 0) is 60.7 Å². The number of carbonyl (C=O) groups is 9. The molecule has 2 saturated heterocycles. The second-order valence-corrected chi connectivity index (χ2v) is 17.7. The molecular formula is C46H64N8O12. The van der Waals surface area contributed by atoms with E-state index in [2.05, 4.69) is 26.6 Å². The Kier molecular flexibility index (Phi) is 18.6. The summed E-state index contributed by atoms with van der Waals surface area (Å²) in [5.74, 6) is -8.50. The number of nitrogens with two attached hydrogens (primary N) is 1. The van der Waals surface area contributed by atoms with E-state index in [9.17, 15) is 53.4 Å². The van der Waals surface area contributed by atoms with Crippen LogP contribution >= 0.6 is 0 Å². The number of aliphatic hydroxyl groups excluding tert-OH is 1. The van der Waals surface area contributed by atoms with Gasteiger partial charge >= 0.3 is 5.97 Å². The van der Waals surface area contributed by atoms with Crippen LogP contribution in [0.4, 0.5) is 0 Å². The molecule has 66 heavy (non-hydrogen) atoms. The average molecular weight is 921 g/mol. The molecular weight excluding hydrogens is 857 g/mol. The number of hydrogen-bond donors (Lipinski definition) is 8. The number of aliphatic hydroxyl groups is 1. The molecule has 0 spiro atoms. The summed E-state index contributed by atoms with van der Waals surface area (Å²) in [6.45, 7) is 9.23. The summed E-state index contributed by atoms with van der Waals surface area (Å²) in [7, 11) is 1.36. The van der Waals surface area contributed by atoms with Gasteiger partial charge < -0.3 is 57.1 Å². The van der Waals surface area contributed by atoms with Gasteiger partial charge in [-0.25, -0.2) is 4.79 Å². The monoisotopic (exact) mass is 920 g/mol. The fraction of sp³-hybridized carbons (Fsp3) is 0.543.